The fourth-order valence-electron chi connectivity index (χ4n) is 3.27. The number of allylic oxidation sites excluding steroid dienone is 4. The van der Waals surface area contributed by atoms with Crippen LogP contribution < -0.4 is 5.73 Å². The number of hydrogen-bond acceptors (Lipinski definition) is 5. The van der Waals surface area contributed by atoms with E-state index in [2.05, 4.69) is 34.0 Å². The van der Waals surface area contributed by atoms with Crippen molar-refractivity contribution in [2.45, 2.75) is 26.7 Å². The Labute approximate surface area is 156 Å². The summed E-state index contributed by atoms with van der Waals surface area (Å²) in [4.78, 5) is 17.9. The third-order valence-electron chi connectivity index (χ3n) is 4.52. The maximum absolute atomic E-state index is 6.22. The summed E-state index contributed by atoms with van der Waals surface area (Å²) >= 11 is 6.22. The number of hydrogen-bond donors (Lipinski definition) is 1. The number of fused-ring (bicyclic) bond motifs is 1. The summed E-state index contributed by atoms with van der Waals surface area (Å²) in [6.45, 7) is 4.05. The first kappa shape index (κ1) is 16.7. The molecule has 1 aliphatic rings. The smallest absolute Gasteiger partial charge is 0.152 e. The Morgan fingerprint density at radius 2 is 1.73 bits per heavy atom. The first-order valence-corrected chi connectivity index (χ1v) is 8.82. The summed E-state index contributed by atoms with van der Waals surface area (Å²) < 4.78 is 0. The Hall–Kier alpha value is -2.79. The lowest BCUT2D eigenvalue weighted by molar-refractivity contribution is 0.970. The van der Waals surface area contributed by atoms with Crippen molar-refractivity contribution in [3.05, 3.63) is 58.8 Å². The molecule has 1 aliphatic carbocycles. The molecule has 0 aromatic carbocycles. The lowest BCUT2D eigenvalue weighted by Gasteiger charge is -2.18. The third kappa shape index (κ3) is 2.95. The quantitative estimate of drug-likeness (QED) is 0.664. The number of aryl methyl sites for hydroxylation is 1. The predicted molar refractivity (Wildman–Crippen MR) is 106 cm³/mol. The molecule has 0 saturated heterocycles. The van der Waals surface area contributed by atoms with Crippen molar-refractivity contribution in [1.29, 1.82) is 0 Å². The lowest BCUT2D eigenvalue weighted by atomic mass is 9.91. The molecule has 3 heterocycles. The van der Waals surface area contributed by atoms with Gasteiger partial charge in [-0.25, -0.2) is 15.0 Å². The molecule has 0 radical (unpaired) electrons. The summed E-state index contributed by atoms with van der Waals surface area (Å²) in [5, 5.41) is 0.438. The van der Waals surface area contributed by atoms with E-state index in [0.29, 0.717) is 16.5 Å². The largest absolute Gasteiger partial charge is 0.382 e. The van der Waals surface area contributed by atoms with Gasteiger partial charge in [-0.3, -0.25) is 4.98 Å². The van der Waals surface area contributed by atoms with Crippen molar-refractivity contribution in [1.82, 2.24) is 19.9 Å². The summed E-state index contributed by atoms with van der Waals surface area (Å²) in [7, 11) is 0. The standard InChI is InChI=1S/C20H18ClN5/c1-11-3-5-13(6-4-11)17-16(14-9-12(2)25-15(21)10-14)18-19(20(22)26-17)24-8-7-23-18/h3,5,7-10H,4,6H2,1-2H3,(H2,22,26). The number of aromatic nitrogens is 4. The molecule has 0 unspecified atom stereocenters. The van der Waals surface area contributed by atoms with E-state index in [1.54, 1.807) is 12.4 Å². The van der Waals surface area contributed by atoms with E-state index in [0.717, 1.165) is 46.4 Å². The topological polar surface area (TPSA) is 77.6 Å². The van der Waals surface area contributed by atoms with Gasteiger partial charge in [-0.2, -0.15) is 0 Å². The fraction of sp³-hybridized carbons (Fsp3) is 0.200. The van der Waals surface area contributed by atoms with Crippen molar-refractivity contribution < 1.29 is 0 Å². The van der Waals surface area contributed by atoms with E-state index in [-0.39, 0.29) is 0 Å². The maximum atomic E-state index is 6.22. The highest BCUT2D eigenvalue weighted by molar-refractivity contribution is 6.29. The Balaban J connectivity index is 2.08. The summed E-state index contributed by atoms with van der Waals surface area (Å²) in [5.74, 6) is 0.385. The highest BCUT2D eigenvalue weighted by atomic mass is 35.5. The van der Waals surface area contributed by atoms with Gasteiger partial charge < -0.3 is 5.73 Å². The Morgan fingerprint density at radius 3 is 2.42 bits per heavy atom. The molecule has 0 saturated carbocycles. The fourth-order valence-corrected chi connectivity index (χ4v) is 3.52. The van der Waals surface area contributed by atoms with Gasteiger partial charge in [0.05, 0.1) is 5.69 Å². The molecule has 3 aromatic rings. The van der Waals surface area contributed by atoms with Gasteiger partial charge in [-0.1, -0.05) is 29.3 Å². The Morgan fingerprint density at radius 1 is 0.962 bits per heavy atom. The van der Waals surface area contributed by atoms with Gasteiger partial charge >= 0.3 is 0 Å². The van der Waals surface area contributed by atoms with Crippen LogP contribution in [0.2, 0.25) is 5.15 Å². The minimum Gasteiger partial charge on any atom is -0.382 e. The van der Waals surface area contributed by atoms with Crippen molar-refractivity contribution in [3.8, 4) is 11.1 Å². The highest BCUT2D eigenvalue weighted by Crippen LogP contribution is 2.38. The van der Waals surface area contributed by atoms with E-state index in [1.165, 1.54) is 5.57 Å². The van der Waals surface area contributed by atoms with E-state index in [9.17, 15) is 0 Å². The molecular weight excluding hydrogens is 346 g/mol. The minimum absolute atomic E-state index is 0.385. The SMILES string of the molecule is CC1=CC=C(c2nc(N)c3nccnc3c2-c2cc(C)nc(Cl)c2)CC1. The lowest BCUT2D eigenvalue weighted by Crippen LogP contribution is -2.05. The molecule has 0 fully saturated rings. The molecule has 0 spiro atoms. The number of anilines is 1. The zero-order chi connectivity index (χ0) is 18.3. The average molecular weight is 364 g/mol. The summed E-state index contributed by atoms with van der Waals surface area (Å²) in [6.07, 6.45) is 9.45. The van der Waals surface area contributed by atoms with Crippen LogP contribution in [0.15, 0.2) is 42.3 Å². The highest BCUT2D eigenvalue weighted by Gasteiger charge is 2.20. The predicted octanol–water partition coefficient (Wildman–Crippen LogP) is 4.75. The maximum Gasteiger partial charge on any atom is 0.152 e. The monoisotopic (exact) mass is 363 g/mol. The van der Waals surface area contributed by atoms with Crippen LogP contribution in [0.25, 0.3) is 27.7 Å². The molecule has 0 atom stereocenters. The van der Waals surface area contributed by atoms with Gasteiger partial charge in [-0.15, -0.1) is 0 Å². The summed E-state index contributed by atoms with van der Waals surface area (Å²) in [6, 6.07) is 3.82. The number of nitrogen functional groups attached to an aromatic ring is 1. The van der Waals surface area contributed by atoms with Gasteiger partial charge in [0, 0.05) is 23.7 Å². The molecule has 2 N–H and O–H groups in total. The Kier molecular flexibility index (Phi) is 4.17. The van der Waals surface area contributed by atoms with Crippen LogP contribution in [-0.4, -0.2) is 19.9 Å². The number of pyridine rings is 2. The van der Waals surface area contributed by atoms with Crippen molar-refractivity contribution in [2.75, 3.05) is 5.73 Å². The van der Waals surface area contributed by atoms with E-state index in [4.69, 9.17) is 22.3 Å². The van der Waals surface area contributed by atoms with Crippen molar-refractivity contribution in [2.24, 2.45) is 0 Å². The number of rotatable bonds is 2. The second-order valence-electron chi connectivity index (χ2n) is 6.50. The van der Waals surface area contributed by atoms with Gasteiger partial charge in [0.15, 0.2) is 5.82 Å². The number of halogens is 1. The van der Waals surface area contributed by atoms with E-state index >= 15 is 0 Å². The van der Waals surface area contributed by atoms with E-state index < -0.39 is 0 Å². The normalized spacial score (nSPS) is 14.3. The van der Waals surface area contributed by atoms with E-state index in [1.807, 2.05) is 19.1 Å². The van der Waals surface area contributed by atoms with Crippen LogP contribution in [0.3, 0.4) is 0 Å². The molecular formula is C20H18ClN5. The summed E-state index contributed by atoms with van der Waals surface area (Å²) in [5.41, 5.74) is 13.5. The minimum atomic E-state index is 0.385. The van der Waals surface area contributed by atoms with Gasteiger partial charge in [0.2, 0.25) is 0 Å². The second-order valence-corrected chi connectivity index (χ2v) is 6.89. The second kappa shape index (κ2) is 6.50. The molecule has 0 aliphatic heterocycles. The van der Waals surface area contributed by atoms with Gasteiger partial charge in [-0.05, 0) is 50.0 Å². The molecule has 130 valence electrons. The van der Waals surface area contributed by atoms with Crippen molar-refractivity contribution >= 4 is 34.0 Å². The number of nitrogens with zero attached hydrogens (tertiary/aromatic N) is 4. The molecule has 0 bridgehead atoms. The van der Waals surface area contributed by atoms with Crippen LogP contribution in [0.4, 0.5) is 5.82 Å². The molecule has 6 heteroatoms. The van der Waals surface area contributed by atoms with Crippen LogP contribution >= 0.6 is 11.6 Å². The molecule has 26 heavy (non-hydrogen) atoms. The third-order valence-corrected chi connectivity index (χ3v) is 4.71. The number of nitrogens with two attached hydrogens (primary N) is 1. The van der Waals surface area contributed by atoms with Crippen molar-refractivity contribution in [3.63, 3.8) is 0 Å². The molecule has 5 nitrogen and oxygen atoms in total. The average Bonchev–Trinajstić information content (AvgIpc) is 2.61. The van der Waals surface area contributed by atoms with Crippen LogP contribution in [0.5, 0.6) is 0 Å². The van der Waals surface area contributed by atoms with Crippen LogP contribution in [-0.2, 0) is 0 Å². The zero-order valence-corrected chi connectivity index (χ0v) is 15.4. The zero-order valence-electron chi connectivity index (χ0n) is 14.6. The molecule has 0 amide bonds. The Bertz CT molecular complexity index is 1060. The molecule has 4 rings (SSSR count). The van der Waals surface area contributed by atoms with Crippen LogP contribution in [0.1, 0.15) is 31.2 Å². The first-order valence-electron chi connectivity index (χ1n) is 8.44. The van der Waals surface area contributed by atoms with Gasteiger partial charge in [0.25, 0.3) is 0 Å². The first-order chi connectivity index (χ1) is 12.5. The van der Waals surface area contributed by atoms with Gasteiger partial charge in [0.1, 0.15) is 16.2 Å². The molecule has 3 aromatic heterocycles. The van der Waals surface area contributed by atoms with Crippen LogP contribution in [0, 0.1) is 6.92 Å².